The van der Waals surface area contributed by atoms with Crippen LogP contribution in [0.1, 0.15) is 25.0 Å². The summed E-state index contributed by atoms with van der Waals surface area (Å²) in [7, 11) is 0. The smallest absolute Gasteiger partial charge is 0.159 e. The molecule has 9 rings (SSSR count). The second-order valence-electron chi connectivity index (χ2n) is 12.2. The first kappa shape index (κ1) is 24.3. The van der Waals surface area contributed by atoms with Gasteiger partial charge in [0.15, 0.2) is 5.58 Å². The largest absolute Gasteiger partial charge is 0.454 e. The van der Waals surface area contributed by atoms with E-state index >= 15 is 0 Å². The van der Waals surface area contributed by atoms with E-state index in [4.69, 9.17) is 4.42 Å². The normalized spacial score (nSPS) is 13.5. The van der Waals surface area contributed by atoms with Crippen molar-refractivity contribution >= 4 is 60.5 Å². The molecule has 0 aliphatic heterocycles. The number of nitrogens with zero attached hydrogens (tertiary/aromatic N) is 1. The number of hydrogen-bond acceptors (Lipinski definition) is 2. The van der Waals surface area contributed by atoms with E-state index in [1.165, 1.54) is 49.2 Å². The monoisotopic (exact) mass is 551 g/mol. The summed E-state index contributed by atoms with van der Waals surface area (Å²) in [6, 6.07) is 50.5. The first-order valence-electron chi connectivity index (χ1n) is 14.9. The minimum atomic E-state index is -0.0960. The van der Waals surface area contributed by atoms with Crippen LogP contribution in [0.4, 0.5) is 17.1 Å². The van der Waals surface area contributed by atoms with Gasteiger partial charge in [0.05, 0.1) is 5.69 Å². The third-order valence-corrected chi connectivity index (χ3v) is 9.42. The standard InChI is InChI=1S/C41H29NO/c1-41(2)35-16-8-7-14-32(35)33-22-21-30(25-36(33)41)42(29-20-18-26-10-3-4-12-28(26)24-29)37-17-9-15-34-39-31-13-6-5-11-27(31)19-23-38(39)43-40(34)37/h3-25H,1-2H3. The lowest BCUT2D eigenvalue weighted by Crippen LogP contribution is -2.16. The van der Waals surface area contributed by atoms with Crippen LogP contribution in [0.5, 0.6) is 0 Å². The Morgan fingerprint density at radius 2 is 1.19 bits per heavy atom. The van der Waals surface area contributed by atoms with E-state index in [1.807, 2.05) is 0 Å². The van der Waals surface area contributed by atoms with Gasteiger partial charge in [-0.25, -0.2) is 0 Å². The average Bonchev–Trinajstić information content (AvgIpc) is 3.55. The zero-order valence-electron chi connectivity index (χ0n) is 24.1. The number of fused-ring (bicyclic) bond motifs is 9. The first-order valence-corrected chi connectivity index (χ1v) is 14.9. The van der Waals surface area contributed by atoms with Gasteiger partial charge in [-0.2, -0.15) is 0 Å². The zero-order valence-corrected chi connectivity index (χ0v) is 24.1. The Labute approximate surface area is 250 Å². The lowest BCUT2D eigenvalue weighted by atomic mass is 9.82. The molecule has 2 nitrogen and oxygen atoms in total. The fraction of sp³-hybridized carbons (Fsp3) is 0.0732. The highest BCUT2D eigenvalue weighted by molar-refractivity contribution is 6.21. The van der Waals surface area contributed by atoms with Gasteiger partial charge in [0.25, 0.3) is 0 Å². The minimum absolute atomic E-state index is 0.0960. The lowest BCUT2D eigenvalue weighted by molar-refractivity contribution is 0.660. The number of para-hydroxylation sites is 1. The molecule has 7 aromatic carbocycles. The van der Waals surface area contributed by atoms with Gasteiger partial charge in [-0.3, -0.25) is 0 Å². The molecule has 0 N–H and O–H groups in total. The number of hydrogen-bond donors (Lipinski definition) is 0. The van der Waals surface area contributed by atoms with Crippen molar-refractivity contribution in [3.8, 4) is 11.1 Å². The van der Waals surface area contributed by atoms with Crippen LogP contribution in [0.3, 0.4) is 0 Å². The Bertz CT molecular complexity index is 2390. The lowest BCUT2D eigenvalue weighted by Gasteiger charge is -2.28. The van der Waals surface area contributed by atoms with E-state index in [9.17, 15) is 0 Å². The van der Waals surface area contributed by atoms with Crippen molar-refractivity contribution in [3.05, 3.63) is 151 Å². The van der Waals surface area contributed by atoms with Crippen molar-refractivity contribution in [2.24, 2.45) is 0 Å². The van der Waals surface area contributed by atoms with Crippen LogP contribution in [0, 0.1) is 0 Å². The molecule has 0 spiro atoms. The number of anilines is 3. The predicted octanol–water partition coefficient (Wildman–Crippen LogP) is 11.7. The van der Waals surface area contributed by atoms with Gasteiger partial charge in [0.2, 0.25) is 0 Å². The Morgan fingerprint density at radius 3 is 2.09 bits per heavy atom. The summed E-state index contributed by atoms with van der Waals surface area (Å²) in [5, 5.41) is 7.16. The molecule has 1 aliphatic carbocycles. The molecule has 204 valence electrons. The van der Waals surface area contributed by atoms with Gasteiger partial charge < -0.3 is 9.32 Å². The second-order valence-corrected chi connectivity index (χ2v) is 12.2. The molecular weight excluding hydrogens is 522 g/mol. The summed E-state index contributed by atoms with van der Waals surface area (Å²) in [6.45, 7) is 4.68. The maximum atomic E-state index is 6.75. The Morgan fingerprint density at radius 1 is 0.512 bits per heavy atom. The molecule has 8 aromatic rings. The van der Waals surface area contributed by atoms with Crippen LogP contribution in [-0.4, -0.2) is 0 Å². The summed E-state index contributed by atoms with van der Waals surface area (Å²) in [5.74, 6) is 0. The van der Waals surface area contributed by atoms with E-state index < -0.39 is 0 Å². The summed E-state index contributed by atoms with van der Waals surface area (Å²) in [5.41, 5.74) is 10.3. The number of rotatable bonds is 3. The van der Waals surface area contributed by atoms with Crippen LogP contribution in [-0.2, 0) is 5.41 Å². The summed E-state index contributed by atoms with van der Waals surface area (Å²) in [4.78, 5) is 2.37. The Kier molecular flexibility index (Phi) is 4.99. The van der Waals surface area contributed by atoms with Gasteiger partial charge >= 0.3 is 0 Å². The van der Waals surface area contributed by atoms with Crippen LogP contribution in [0.15, 0.2) is 144 Å². The molecule has 0 saturated carbocycles. The Balaban J connectivity index is 1.33. The van der Waals surface area contributed by atoms with Gasteiger partial charge in [-0.15, -0.1) is 0 Å². The van der Waals surface area contributed by atoms with E-state index in [2.05, 4.69) is 158 Å². The summed E-state index contributed by atoms with van der Waals surface area (Å²) in [6.07, 6.45) is 0. The molecule has 0 saturated heterocycles. The van der Waals surface area contributed by atoms with E-state index in [-0.39, 0.29) is 5.41 Å². The highest BCUT2D eigenvalue weighted by Crippen LogP contribution is 2.51. The summed E-state index contributed by atoms with van der Waals surface area (Å²) < 4.78 is 6.75. The van der Waals surface area contributed by atoms with Gasteiger partial charge in [-0.1, -0.05) is 117 Å². The molecule has 0 amide bonds. The molecule has 1 aliphatic rings. The van der Waals surface area contributed by atoms with Gasteiger partial charge in [0, 0.05) is 27.6 Å². The first-order chi connectivity index (χ1) is 21.1. The molecule has 0 unspecified atom stereocenters. The van der Waals surface area contributed by atoms with E-state index in [1.54, 1.807) is 0 Å². The zero-order chi connectivity index (χ0) is 28.7. The van der Waals surface area contributed by atoms with Crippen molar-refractivity contribution in [1.82, 2.24) is 0 Å². The van der Waals surface area contributed by atoms with Crippen LogP contribution in [0.2, 0.25) is 0 Å². The van der Waals surface area contributed by atoms with Crippen molar-refractivity contribution in [3.63, 3.8) is 0 Å². The quantitative estimate of drug-likeness (QED) is 0.217. The fourth-order valence-electron chi connectivity index (χ4n) is 7.30. The fourth-order valence-corrected chi connectivity index (χ4v) is 7.30. The average molecular weight is 552 g/mol. The van der Waals surface area contributed by atoms with Crippen molar-refractivity contribution in [2.45, 2.75) is 19.3 Å². The van der Waals surface area contributed by atoms with Crippen molar-refractivity contribution in [2.75, 3.05) is 4.90 Å². The van der Waals surface area contributed by atoms with Gasteiger partial charge in [0.1, 0.15) is 5.58 Å². The molecule has 0 radical (unpaired) electrons. The van der Waals surface area contributed by atoms with E-state index in [0.717, 1.165) is 33.6 Å². The third kappa shape index (κ3) is 3.47. The van der Waals surface area contributed by atoms with Crippen molar-refractivity contribution in [1.29, 1.82) is 0 Å². The SMILES string of the molecule is CC1(C)c2ccccc2-c2ccc(N(c3ccc4ccccc4c3)c3cccc4c3oc3ccc5ccccc5c34)cc21. The molecule has 43 heavy (non-hydrogen) atoms. The van der Waals surface area contributed by atoms with Crippen molar-refractivity contribution < 1.29 is 4.42 Å². The molecule has 0 atom stereocenters. The van der Waals surface area contributed by atoms with Crippen LogP contribution < -0.4 is 4.90 Å². The third-order valence-electron chi connectivity index (χ3n) is 9.42. The Hall–Kier alpha value is -5.34. The van der Waals surface area contributed by atoms with E-state index in [0.29, 0.717) is 0 Å². The van der Waals surface area contributed by atoms with Crippen LogP contribution >= 0.6 is 0 Å². The van der Waals surface area contributed by atoms with Gasteiger partial charge in [-0.05, 0) is 80.2 Å². The molecule has 2 heteroatoms. The maximum absolute atomic E-state index is 6.75. The molecule has 1 heterocycles. The highest BCUT2D eigenvalue weighted by atomic mass is 16.3. The molecule has 0 bridgehead atoms. The topological polar surface area (TPSA) is 16.4 Å². The molecule has 1 aromatic heterocycles. The number of furan rings is 1. The number of benzene rings is 7. The second kappa shape index (κ2) is 8.83. The maximum Gasteiger partial charge on any atom is 0.159 e. The minimum Gasteiger partial charge on any atom is -0.454 e. The van der Waals surface area contributed by atoms with Crippen LogP contribution in [0.25, 0.3) is 54.6 Å². The predicted molar refractivity (Wildman–Crippen MR) is 181 cm³/mol. The highest BCUT2D eigenvalue weighted by Gasteiger charge is 2.36. The molecular formula is C41H29NO. The summed E-state index contributed by atoms with van der Waals surface area (Å²) >= 11 is 0. The molecule has 0 fully saturated rings.